The number of thiazole rings is 1. The van der Waals surface area contributed by atoms with Gasteiger partial charge in [0.25, 0.3) is 0 Å². The third-order valence-corrected chi connectivity index (χ3v) is 5.01. The van der Waals surface area contributed by atoms with Crippen molar-refractivity contribution in [2.24, 2.45) is 0 Å². The minimum Gasteiger partial charge on any atom is -0.347 e. The topological polar surface area (TPSA) is 59.8 Å². The molecule has 0 saturated carbocycles. The highest BCUT2D eigenvalue weighted by Gasteiger charge is 2.05. The van der Waals surface area contributed by atoms with Gasteiger partial charge in [-0.1, -0.05) is 48.5 Å². The van der Waals surface area contributed by atoms with Gasteiger partial charge in [-0.3, -0.25) is 4.79 Å². The molecule has 2 aromatic carbocycles. The number of aromatic nitrogens is 3. The van der Waals surface area contributed by atoms with Crippen molar-refractivity contribution in [2.75, 3.05) is 0 Å². The molecule has 138 valence electrons. The molecule has 0 fully saturated rings. The van der Waals surface area contributed by atoms with Crippen LogP contribution in [-0.2, 0) is 11.3 Å². The van der Waals surface area contributed by atoms with Gasteiger partial charge in [-0.05, 0) is 18.2 Å². The molecule has 4 rings (SSSR count). The lowest BCUT2D eigenvalue weighted by atomic mass is 10.2. The van der Waals surface area contributed by atoms with Gasteiger partial charge in [0, 0.05) is 28.8 Å². The lowest BCUT2D eigenvalue weighted by Gasteiger charge is -1.99. The van der Waals surface area contributed by atoms with Crippen LogP contribution in [0.1, 0.15) is 11.3 Å². The number of carbonyl (C=O) groups is 1. The number of nitrogens with one attached hydrogen (secondary N) is 1. The van der Waals surface area contributed by atoms with E-state index in [1.54, 1.807) is 28.3 Å². The molecule has 6 heteroatoms. The van der Waals surface area contributed by atoms with Gasteiger partial charge in [-0.2, -0.15) is 5.10 Å². The van der Waals surface area contributed by atoms with E-state index in [0.717, 1.165) is 27.5 Å². The van der Waals surface area contributed by atoms with Crippen LogP contribution >= 0.6 is 11.3 Å². The molecule has 2 aromatic heterocycles. The number of amides is 1. The first-order chi connectivity index (χ1) is 13.8. The highest BCUT2D eigenvalue weighted by atomic mass is 32.1. The summed E-state index contributed by atoms with van der Waals surface area (Å²) in [6, 6.07) is 19.8. The number of rotatable bonds is 6. The minimum absolute atomic E-state index is 0.165. The Hall–Kier alpha value is -3.51. The molecule has 0 bridgehead atoms. The lowest BCUT2D eigenvalue weighted by Crippen LogP contribution is -2.20. The molecule has 0 aliphatic heterocycles. The molecule has 0 spiro atoms. The maximum atomic E-state index is 12.1. The minimum atomic E-state index is -0.165. The van der Waals surface area contributed by atoms with Crippen LogP contribution in [0.5, 0.6) is 0 Å². The van der Waals surface area contributed by atoms with Gasteiger partial charge < -0.3 is 5.32 Å². The molecular formula is C22H18N4OS. The van der Waals surface area contributed by atoms with Crippen LogP contribution in [0.2, 0.25) is 0 Å². The van der Waals surface area contributed by atoms with Crippen molar-refractivity contribution in [2.45, 2.75) is 6.54 Å². The second-order valence-corrected chi connectivity index (χ2v) is 6.97. The van der Waals surface area contributed by atoms with Gasteiger partial charge in [0.1, 0.15) is 5.01 Å². The van der Waals surface area contributed by atoms with E-state index in [4.69, 9.17) is 0 Å². The Morgan fingerprint density at radius 2 is 1.82 bits per heavy atom. The van der Waals surface area contributed by atoms with Gasteiger partial charge in [0.2, 0.25) is 5.91 Å². The lowest BCUT2D eigenvalue weighted by molar-refractivity contribution is -0.116. The smallest absolute Gasteiger partial charge is 0.244 e. The first-order valence-corrected chi connectivity index (χ1v) is 9.72. The van der Waals surface area contributed by atoms with Crippen molar-refractivity contribution in [3.63, 3.8) is 0 Å². The number of benzene rings is 2. The molecule has 1 amide bonds. The van der Waals surface area contributed by atoms with Crippen LogP contribution in [0.3, 0.4) is 0 Å². The molecule has 0 atom stereocenters. The van der Waals surface area contributed by atoms with E-state index in [2.05, 4.69) is 15.4 Å². The zero-order chi connectivity index (χ0) is 19.2. The molecule has 0 saturated heterocycles. The zero-order valence-corrected chi connectivity index (χ0v) is 15.8. The molecular weight excluding hydrogens is 368 g/mol. The Morgan fingerprint density at radius 1 is 1.07 bits per heavy atom. The highest BCUT2D eigenvalue weighted by molar-refractivity contribution is 7.13. The number of nitrogens with zero attached hydrogens (tertiary/aromatic N) is 3. The van der Waals surface area contributed by atoms with Crippen molar-refractivity contribution < 1.29 is 4.79 Å². The summed E-state index contributed by atoms with van der Waals surface area (Å²) in [4.78, 5) is 16.7. The van der Waals surface area contributed by atoms with Gasteiger partial charge in [0.15, 0.2) is 0 Å². The Bertz CT molecular complexity index is 1080. The van der Waals surface area contributed by atoms with Crippen LogP contribution in [0.15, 0.2) is 84.5 Å². The van der Waals surface area contributed by atoms with Crippen molar-refractivity contribution >= 4 is 23.3 Å². The van der Waals surface area contributed by atoms with E-state index in [1.165, 1.54) is 6.08 Å². The number of hydrogen-bond donors (Lipinski definition) is 1. The van der Waals surface area contributed by atoms with E-state index in [9.17, 15) is 4.79 Å². The van der Waals surface area contributed by atoms with Crippen LogP contribution < -0.4 is 5.32 Å². The van der Waals surface area contributed by atoms with Gasteiger partial charge in [-0.25, -0.2) is 9.67 Å². The van der Waals surface area contributed by atoms with E-state index in [0.29, 0.717) is 6.54 Å². The predicted octanol–water partition coefficient (Wildman–Crippen LogP) is 4.33. The first-order valence-electron chi connectivity index (χ1n) is 8.84. The van der Waals surface area contributed by atoms with Gasteiger partial charge in [-0.15, -0.1) is 11.3 Å². The average Bonchev–Trinajstić information content (AvgIpc) is 3.42. The SMILES string of the molecule is O=C(/C=C/c1cnn(-c2ccccc2)c1)NCc1csc(-c2ccccc2)n1. The summed E-state index contributed by atoms with van der Waals surface area (Å²) in [5, 5.41) is 10.1. The third kappa shape index (κ3) is 4.42. The summed E-state index contributed by atoms with van der Waals surface area (Å²) >= 11 is 1.57. The Labute approximate surface area is 167 Å². The molecule has 1 N–H and O–H groups in total. The van der Waals surface area contributed by atoms with Gasteiger partial charge in [0.05, 0.1) is 24.1 Å². The van der Waals surface area contributed by atoms with Crippen molar-refractivity contribution in [1.82, 2.24) is 20.1 Å². The maximum absolute atomic E-state index is 12.1. The summed E-state index contributed by atoms with van der Waals surface area (Å²) in [6.45, 7) is 0.399. The molecule has 2 heterocycles. The quantitative estimate of drug-likeness (QED) is 0.502. The monoisotopic (exact) mass is 386 g/mol. The summed E-state index contributed by atoms with van der Waals surface area (Å²) < 4.78 is 1.78. The number of para-hydroxylation sites is 1. The largest absolute Gasteiger partial charge is 0.347 e. The van der Waals surface area contributed by atoms with Crippen LogP contribution in [0, 0.1) is 0 Å². The standard InChI is InChI=1S/C22H18N4OS/c27-21(12-11-17-13-24-26(15-17)20-9-5-2-6-10-20)23-14-19-16-28-22(25-19)18-7-3-1-4-8-18/h1-13,15-16H,14H2,(H,23,27)/b12-11+. The van der Waals surface area contributed by atoms with E-state index < -0.39 is 0 Å². The second-order valence-electron chi connectivity index (χ2n) is 6.11. The van der Waals surface area contributed by atoms with E-state index in [-0.39, 0.29) is 5.91 Å². The molecule has 0 aliphatic rings. The molecule has 4 aromatic rings. The van der Waals surface area contributed by atoms with Crippen molar-refractivity contribution in [1.29, 1.82) is 0 Å². The first kappa shape index (κ1) is 17.9. The molecule has 28 heavy (non-hydrogen) atoms. The summed E-state index contributed by atoms with van der Waals surface area (Å²) in [5.74, 6) is -0.165. The fraction of sp³-hybridized carbons (Fsp3) is 0.0455. The zero-order valence-electron chi connectivity index (χ0n) is 15.0. The fourth-order valence-electron chi connectivity index (χ4n) is 2.65. The molecule has 0 radical (unpaired) electrons. The third-order valence-electron chi connectivity index (χ3n) is 4.07. The van der Waals surface area contributed by atoms with Crippen molar-refractivity contribution in [3.8, 4) is 16.3 Å². The molecule has 0 unspecified atom stereocenters. The predicted molar refractivity (Wildman–Crippen MR) is 112 cm³/mol. The van der Waals surface area contributed by atoms with Crippen molar-refractivity contribution in [3.05, 3.63) is 95.8 Å². The Kier molecular flexibility index (Phi) is 5.40. The fourth-order valence-corrected chi connectivity index (χ4v) is 3.48. The van der Waals surface area contributed by atoms with E-state index in [1.807, 2.05) is 72.2 Å². The van der Waals surface area contributed by atoms with Crippen LogP contribution in [0.25, 0.3) is 22.3 Å². The number of hydrogen-bond acceptors (Lipinski definition) is 4. The second kappa shape index (κ2) is 8.45. The Morgan fingerprint density at radius 3 is 2.61 bits per heavy atom. The normalized spacial score (nSPS) is 11.0. The van der Waals surface area contributed by atoms with Crippen LogP contribution in [-0.4, -0.2) is 20.7 Å². The highest BCUT2D eigenvalue weighted by Crippen LogP contribution is 2.23. The maximum Gasteiger partial charge on any atom is 0.244 e. The summed E-state index contributed by atoms with van der Waals surface area (Å²) in [5.41, 5.74) is 3.77. The van der Waals surface area contributed by atoms with E-state index >= 15 is 0 Å². The van der Waals surface area contributed by atoms with Gasteiger partial charge >= 0.3 is 0 Å². The number of carbonyl (C=O) groups excluding carboxylic acids is 1. The summed E-state index contributed by atoms with van der Waals surface area (Å²) in [7, 11) is 0. The van der Waals surface area contributed by atoms with Crippen LogP contribution in [0.4, 0.5) is 0 Å². The Balaban J connectivity index is 1.33. The molecule has 0 aliphatic carbocycles. The molecule has 5 nitrogen and oxygen atoms in total. The average molecular weight is 386 g/mol. The summed E-state index contributed by atoms with van der Waals surface area (Å²) in [6.07, 6.45) is 6.87.